The Morgan fingerprint density at radius 3 is 3.13 bits per heavy atom. The van der Waals surface area contributed by atoms with Gasteiger partial charge in [0.2, 0.25) is 11.1 Å². The van der Waals surface area contributed by atoms with E-state index in [1.807, 2.05) is 6.92 Å². The van der Waals surface area contributed by atoms with E-state index in [9.17, 15) is 5.11 Å². The minimum atomic E-state index is -0.819. The van der Waals surface area contributed by atoms with Gasteiger partial charge in [0, 0.05) is 31.1 Å². The maximum atomic E-state index is 10.2. The first-order valence-corrected chi connectivity index (χ1v) is 5.54. The molecule has 1 saturated heterocycles. The van der Waals surface area contributed by atoms with E-state index in [1.54, 1.807) is 0 Å². The summed E-state index contributed by atoms with van der Waals surface area (Å²) in [6.07, 6.45) is 0.477. The van der Waals surface area contributed by atoms with Crippen LogP contribution in [0.5, 0.6) is 0 Å². The van der Waals surface area contributed by atoms with Crippen LogP contribution in [0.2, 0.25) is 0 Å². The standard InChI is InChI=1S/C8H14N4O2S/c1-5-8(13,2-3-14-5)4-10-7-11-6(9)12-15-7/h5,13H,2-4H2,1H3,(H3,9,10,11,12). The predicted molar refractivity (Wildman–Crippen MR) is 57.8 cm³/mol. The number of nitrogens with one attached hydrogen (secondary N) is 1. The van der Waals surface area contributed by atoms with E-state index >= 15 is 0 Å². The van der Waals surface area contributed by atoms with Gasteiger partial charge >= 0.3 is 0 Å². The molecular weight excluding hydrogens is 216 g/mol. The van der Waals surface area contributed by atoms with E-state index in [0.29, 0.717) is 24.7 Å². The number of nitrogens with two attached hydrogens (primary N) is 1. The van der Waals surface area contributed by atoms with Gasteiger partial charge < -0.3 is 20.9 Å². The Morgan fingerprint density at radius 2 is 2.60 bits per heavy atom. The average molecular weight is 230 g/mol. The van der Waals surface area contributed by atoms with Crippen molar-refractivity contribution in [3.8, 4) is 0 Å². The highest BCUT2D eigenvalue weighted by molar-refractivity contribution is 7.09. The summed E-state index contributed by atoms with van der Waals surface area (Å²) in [4.78, 5) is 3.95. The van der Waals surface area contributed by atoms with Crippen molar-refractivity contribution in [1.82, 2.24) is 9.36 Å². The van der Waals surface area contributed by atoms with E-state index in [4.69, 9.17) is 10.5 Å². The fraction of sp³-hybridized carbons (Fsp3) is 0.750. The van der Waals surface area contributed by atoms with Gasteiger partial charge in [-0.3, -0.25) is 0 Å². The minimum Gasteiger partial charge on any atom is -0.385 e. The Bertz CT molecular complexity index is 345. The number of aliphatic hydroxyl groups is 1. The molecule has 2 rings (SSSR count). The van der Waals surface area contributed by atoms with Gasteiger partial charge in [-0.1, -0.05) is 0 Å². The zero-order valence-corrected chi connectivity index (χ0v) is 9.25. The molecule has 0 saturated carbocycles. The maximum absolute atomic E-state index is 10.2. The fourth-order valence-electron chi connectivity index (χ4n) is 1.54. The Labute approximate surface area is 91.6 Å². The van der Waals surface area contributed by atoms with Crippen LogP contribution in [0.4, 0.5) is 11.1 Å². The molecule has 0 aliphatic carbocycles. The second kappa shape index (κ2) is 3.92. The number of anilines is 2. The van der Waals surface area contributed by atoms with Gasteiger partial charge in [0.15, 0.2) is 0 Å². The van der Waals surface area contributed by atoms with Crippen LogP contribution in [0.15, 0.2) is 0 Å². The van der Waals surface area contributed by atoms with Crippen LogP contribution < -0.4 is 11.1 Å². The normalized spacial score (nSPS) is 30.7. The van der Waals surface area contributed by atoms with E-state index in [1.165, 1.54) is 11.5 Å². The molecule has 2 unspecified atom stereocenters. The lowest BCUT2D eigenvalue weighted by molar-refractivity contribution is -0.0175. The molecule has 1 aromatic rings. The molecule has 84 valence electrons. The molecule has 0 aromatic carbocycles. The molecule has 0 bridgehead atoms. The molecule has 1 aromatic heterocycles. The third-order valence-corrected chi connectivity index (χ3v) is 3.33. The van der Waals surface area contributed by atoms with Crippen molar-refractivity contribution < 1.29 is 9.84 Å². The van der Waals surface area contributed by atoms with Crippen LogP contribution in [0.1, 0.15) is 13.3 Å². The number of aromatic nitrogens is 2. The highest BCUT2D eigenvalue weighted by atomic mass is 32.1. The third-order valence-electron chi connectivity index (χ3n) is 2.65. The van der Waals surface area contributed by atoms with Crippen molar-refractivity contribution in [3.63, 3.8) is 0 Å². The summed E-state index contributed by atoms with van der Waals surface area (Å²) in [5.41, 5.74) is 4.56. The molecule has 0 radical (unpaired) electrons. The molecule has 4 N–H and O–H groups in total. The summed E-state index contributed by atoms with van der Waals surface area (Å²) in [6.45, 7) is 2.86. The van der Waals surface area contributed by atoms with E-state index < -0.39 is 5.60 Å². The first kappa shape index (κ1) is 10.6. The van der Waals surface area contributed by atoms with Gasteiger partial charge in [-0.05, 0) is 6.92 Å². The van der Waals surface area contributed by atoms with Gasteiger partial charge in [0.05, 0.1) is 6.10 Å². The van der Waals surface area contributed by atoms with Crippen molar-refractivity contribution >= 4 is 22.6 Å². The Morgan fingerprint density at radius 1 is 1.80 bits per heavy atom. The largest absolute Gasteiger partial charge is 0.385 e. The van der Waals surface area contributed by atoms with Gasteiger partial charge in [-0.2, -0.15) is 9.36 Å². The fourth-order valence-corrected chi connectivity index (χ4v) is 2.03. The lowest BCUT2D eigenvalue weighted by Crippen LogP contribution is -2.43. The van der Waals surface area contributed by atoms with Crippen molar-refractivity contribution in [2.24, 2.45) is 0 Å². The minimum absolute atomic E-state index is 0.157. The van der Waals surface area contributed by atoms with Crippen LogP contribution in [-0.2, 0) is 4.74 Å². The summed E-state index contributed by atoms with van der Waals surface area (Å²) in [7, 11) is 0. The van der Waals surface area contributed by atoms with Gasteiger partial charge in [0.1, 0.15) is 5.60 Å². The quantitative estimate of drug-likeness (QED) is 0.680. The molecular formula is C8H14N4O2S. The van der Waals surface area contributed by atoms with Crippen molar-refractivity contribution in [2.45, 2.75) is 25.0 Å². The molecule has 0 spiro atoms. The van der Waals surface area contributed by atoms with Crippen LogP contribution in [0.25, 0.3) is 0 Å². The molecule has 2 atom stereocenters. The number of hydrogen-bond donors (Lipinski definition) is 3. The molecule has 0 amide bonds. The number of nitrogen functional groups attached to an aromatic ring is 1. The van der Waals surface area contributed by atoms with Gasteiger partial charge in [-0.15, -0.1) is 0 Å². The zero-order valence-electron chi connectivity index (χ0n) is 8.43. The number of hydrogen-bond acceptors (Lipinski definition) is 7. The monoisotopic (exact) mass is 230 g/mol. The first-order valence-electron chi connectivity index (χ1n) is 4.77. The van der Waals surface area contributed by atoms with Gasteiger partial charge in [0.25, 0.3) is 0 Å². The molecule has 1 fully saturated rings. The number of ether oxygens (including phenoxy) is 1. The van der Waals surface area contributed by atoms with Crippen molar-refractivity contribution in [2.75, 3.05) is 24.2 Å². The third kappa shape index (κ3) is 2.19. The molecule has 6 nitrogen and oxygen atoms in total. The molecule has 7 heteroatoms. The summed E-state index contributed by atoms with van der Waals surface area (Å²) in [5.74, 6) is 0.255. The Balaban J connectivity index is 1.92. The first-order chi connectivity index (χ1) is 7.10. The molecule has 15 heavy (non-hydrogen) atoms. The molecule has 1 aliphatic rings. The van der Waals surface area contributed by atoms with Crippen LogP contribution >= 0.6 is 11.5 Å². The zero-order chi connectivity index (χ0) is 10.9. The topological polar surface area (TPSA) is 93.3 Å². The van der Waals surface area contributed by atoms with Gasteiger partial charge in [-0.25, -0.2) is 0 Å². The number of rotatable bonds is 3. The molecule has 1 aliphatic heterocycles. The average Bonchev–Trinajstić information content (AvgIpc) is 2.73. The second-order valence-corrected chi connectivity index (χ2v) is 4.43. The molecule has 2 heterocycles. The Hall–Kier alpha value is -0.920. The highest BCUT2D eigenvalue weighted by Gasteiger charge is 2.39. The number of nitrogens with zero attached hydrogens (tertiary/aromatic N) is 2. The summed E-state index contributed by atoms with van der Waals surface area (Å²) in [5, 5.41) is 13.8. The van der Waals surface area contributed by atoms with Crippen LogP contribution in [0.3, 0.4) is 0 Å². The van der Waals surface area contributed by atoms with Crippen molar-refractivity contribution in [3.05, 3.63) is 0 Å². The van der Waals surface area contributed by atoms with Crippen LogP contribution in [0, 0.1) is 0 Å². The highest BCUT2D eigenvalue weighted by Crippen LogP contribution is 2.26. The van der Waals surface area contributed by atoms with E-state index in [0.717, 1.165) is 0 Å². The Kier molecular flexibility index (Phi) is 2.76. The lowest BCUT2D eigenvalue weighted by atomic mass is 9.97. The second-order valence-electron chi connectivity index (χ2n) is 3.68. The van der Waals surface area contributed by atoms with Crippen LogP contribution in [-0.4, -0.2) is 39.3 Å². The SMILES string of the molecule is CC1OCCC1(O)CNc1nc(N)ns1. The maximum Gasteiger partial charge on any atom is 0.233 e. The smallest absolute Gasteiger partial charge is 0.233 e. The summed E-state index contributed by atoms with van der Waals surface area (Å²) in [6, 6.07) is 0. The summed E-state index contributed by atoms with van der Waals surface area (Å²) >= 11 is 1.18. The predicted octanol–water partition coefficient (Wildman–Crippen LogP) is 0.0721. The lowest BCUT2D eigenvalue weighted by Gasteiger charge is -2.25. The van der Waals surface area contributed by atoms with Crippen molar-refractivity contribution in [1.29, 1.82) is 0 Å². The summed E-state index contributed by atoms with van der Waals surface area (Å²) < 4.78 is 9.15. The van der Waals surface area contributed by atoms with E-state index in [-0.39, 0.29) is 12.1 Å². The van der Waals surface area contributed by atoms with E-state index in [2.05, 4.69) is 14.7 Å².